The van der Waals surface area contributed by atoms with Crippen molar-refractivity contribution in [1.82, 2.24) is 0 Å². The highest BCUT2D eigenvalue weighted by Crippen LogP contribution is 2.43. The molecule has 19 heavy (non-hydrogen) atoms. The first kappa shape index (κ1) is 13.7. The van der Waals surface area contributed by atoms with Gasteiger partial charge < -0.3 is 28.4 Å². The van der Waals surface area contributed by atoms with E-state index in [1.54, 1.807) is 7.11 Å². The van der Waals surface area contributed by atoms with Crippen LogP contribution >= 0.6 is 0 Å². The Morgan fingerprint density at radius 3 is 2.11 bits per heavy atom. The predicted molar refractivity (Wildman–Crippen MR) is 64.4 cm³/mol. The summed E-state index contributed by atoms with van der Waals surface area (Å²) in [6.45, 7) is 7.97. The molecule has 110 valence electrons. The van der Waals surface area contributed by atoms with Crippen LogP contribution in [0.3, 0.4) is 0 Å². The lowest BCUT2D eigenvalue weighted by Crippen LogP contribution is -2.56. The molecule has 0 aromatic heterocycles. The van der Waals surface area contributed by atoms with E-state index < -0.39 is 17.9 Å². The van der Waals surface area contributed by atoms with Crippen molar-refractivity contribution in [2.75, 3.05) is 13.7 Å². The van der Waals surface area contributed by atoms with Crippen LogP contribution in [0.25, 0.3) is 0 Å². The summed E-state index contributed by atoms with van der Waals surface area (Å²) in [5, 5.41) is 0. The Morgan fingerprint density at radius 1 is 0.842 bits per heavy atom. The van der Waals surface area contributed by atoms with E-state index in [0.717, 1.165) is 0 Å². The zero-order valence-electron chi connectivity index (χ0n) is 12.0. The maximum Gasteiger partial charge on any atom is 0.190 e. The SMILES string of the molecule is COC[C@H]1O[C@@H]2OC(C)(C)O[C@@H]2[C@H]2OC(C)(C)O[C@H]21. The van der Waals surface area contributed by atoms with Gasteiger partial charge in [-0.15, -0.1) is 0 Å². The molecule has 0 saturated carbocycles. The maximum atomic E-state index is 5.97. The van der Waals surface area contributed by atoms with Crippen LogP contribution in [0, 0.1) is 0 Å². The fourth-order valence-electron chi connectivity index (χ4n) is 2.99. The van der Waals surface area contributed by atoms with Crippen LogP contribution in [-0.4, -0.2) is 56.0 Å². The summed E-state index contributed by atoms with van der Waals surface area (Å²) >= 11 is 0. The molecule has 3 rings (SSSR count). The first-order valence-corrected chi connectivity index (χ1v) is 6.67. The Labute approximate surface area is 113 Å². The highest BCUT2D eigenvalue weighted by Gasteiger charge is 2.60. The van der Waals surface area contributed by atoms with Crippen molar-refractivity contribution >= 4 is 0 Å². The number of rotatable bonds is 2. The van der Waals surface area contributed by atoms with E-state index in [1.807, 2.05) is 27.7 Å². The van der Waals surface area contributed by atoms with Gasteiger partial charge >= 0.3 is 0 Å². The molecular formula is C13H22O6. The van der Waals surface area contributed by atoms with Crippen molar-refractivity contribution in [3.8, 4) is 0 Å². The summed E-state index contributed by atoms with van der Waals surface area (Å²) < 4.78 is 34.7. The van der Waals surface area contributed by atoms with Crippen molar-refractivity contribution in [3.05, 3.63) is 0 Å². The van der Waals surface area contributed by atoms with Gasteiger partial charge in [0.1, 0.15) is 24.4 Å². The van der Waals surface area contributed by atoms with Crippen LogP contribution in [0.4, 0.5) is 0 Å². The minimum absolute atomic E-state index is 0.198. The molecule has 5 atom stereocenters. The number of methoxy groups -OCH3 is 1. The summed E-state index contributed by atoms with van der Waals surface area (Å²) in [6.07, 6.45) is -1.32. The van der Waals surface area contributed by atoms with Crippen LogP contribution in [0.5, 0.6) is 0 Å². The average Bonchev–Trinajstić information content (AvgIpc) is 2.74. The van der Waals surface area contributed by atoms with E-state index in [1.165, 1.54) is 0 Å². The average molecular weight is 274 g/mol. The third-order valence-corrected chi connectivity index (χ3v) is 3.58. The van der Waals surface area contributed by atoms with E-state index in [4.69, 9.17) is 28.4 Å². The quantitative estimate of drug-likeness (QED) is 0.749. The fourth-order valence-corrected chi connectivity index (χ4v) is 2.99. The monoisotopic (exact) mass is 274 g/mol. The van der Waals surface area contributed by atoms with Gasteiger partial charge in [0, 0.05) is 7.11 Å². The summed E-state index contributed by atoms with van der Waals surface area (Å²) in [5.41, 5.74) is 0. The Bertz CT molecular complexity index is 355. The molecule has 0 radical (unpaired) electrons. The van der Waals surface area contributed by atoms with Gasteiger partial charge in [0.25, 0.3) is 0 Å². The molecule has 6 nitrogen and oxygen atoms in total. The molecule has 0 aromatic carbocycles. The van der Waals surface area contributed by atoms with Crippen molar-refractivity contribution in [3.63, 3.8) is 0 Å². The third-order valence-electron chi connectivity index (χ3n) is 3.58. The topological polar surface area (TPSA) is 55.4 Å². The van der Waals surface area contributed by atoms with Crippen molar-refractivity contribution < 1.29 is 28.4 Å². The van der Waals surface area contributed by atoms with E-state index >= 15 is 0 Å². The van der Waals surface area contributed by atoms with Gasteiger partial charge in [-0.05, 0) is 27.7 Å². The number of ether oxygens (including phenoxy) is 6. The smallest absolute Gasteiger partial charge is 0.190 e. The van der Waals surface area contributed by atoms with Gasteiger partial charge in [0.05, 0.1) is 6.61 Å². The fraction of sp³-hybridized carbons (Fsp3) is 1.00. The van der Waals surface area contributed by atoms with E-state index in [0.29, 0.717) is 6.61 Å². The summed E-state index contributed by atoms with van der Waals surface area (Å²) in [6, 6.07) is 0. The molecule has 3 heterocycles. The summed E-state index contributed by atoms with van der Waals surface area (Å²) in [7, 11) is 1.64. The molecule has 3 fully saturated rings. The lowest BCUT2D eigenvalue weighted by atomic mass is 9.99. The molecule has 0 bridgehead atoms. The predicted octanol–water partition coefficient (Wildman–Crippen LogP) is 1.03. The van der Waals surface area contributed by atoms with Gasteiger partial charge in [-0.25, -0.2) is 0 Å². The van der Waals surface area contributed by atoms with Crippen LogP contribution in [0.15, 0.2) is 0 Å². The molecule has 0 unspecified atom stereocenters. The van der Waals surface area contributed by atoms with Crippen molar-refractivity contribution in [2.45, 2.75) is 70.0 Å². The molecule has 3 aliphatic heterocycles. The molecule has 0 amide bonds. The van der Waals surface area contributed by atoms with Gasteiger partial charge in [0.2, 0.25) is 0 Å². The normalized spacial score (nSPS) is 46.9. The molecule has 0 aromatic rings. The van der Waals surface area contributed by atoms with Crippen LogP contribution in [0.2, 0.25) is 0 Å². The van der Waals surface area contributed by atoms with E-state index in [-0.39, 0.29) is 24.4 Å². The largest absolute Gasteiger partial charge is 0.382 e. The van der Waals surface area contributed by atoms with Crippen LogP contribution < -0.4 is 0 Å². The Morgan fingerprint density at radius 2 is 1.42 bits per heavy atom. The van der Waals surface area contributed by atoms with Gasteiger partial charge in [0.15, 0.2) is 17.9 Å². The lowest BCUT2D eigenvalue weighted by Gasteiger charge is -2.36. The molecule has 6 heteroatoms. The minimum Gasteiger partial charge on any atom is -0.382 e. The minimum atomic E-state index is -0.669. The summed E-state index contributed by atoms with van der Waals surface area (Å²) in [5.74, 6) is -1.31. The molecule has 3 aliphatic rings. The summed E-state index contributed by atoms with van der Waals surface area (Å²) in [4.78, 5) is 0. The van der Waals surface area contributed by atoms with Gasteiger partial charge in [-0.1, -0.05) is 0 Å². The second kappa shape index (κ2) is 4.38. The highest BCUT2D eigenvalue weighted by atomic mass is 16.9. The Hall–Kier alpha value is -0.240. The zero-order chi connectivity index (χ0) is 13.8. The number of hydrogen-bond donors (Lipinski definition) is 0. The van der Waals surface area contributed by atoms with Crippen LogP contribution in [-0.2, 0) is 28.4 Å². The van der Waals surface area contributed by atoms with Crippen LogP contribution in [0.1, 0.15) is 27.7 Å². The maximum absolute atomic E-state index is 5.97. The van der Waals surface area contributed by atoms with Crippen molar-refractivity contribution in [2.24, 2.45) is 0 Å². The molecule has 0 aliphatic carbocycles. The second-order valence-corrected chi connectivity index (χ2v) is 6.16. The third kappa shape index (κ3) is 2.41. The Balaban J connectivity index is 1.84. The van der Waals surface area contributed by atoms with Gasteiger partial charge in [-0.2, -0.15) is 0 Å². The highest BCUT2D eigenvalue weighted by molar-refractivity contribution is 4.99. The molecule has 0 N–H and O–H groups in total. The van der Waals surface area contributed by atoms with Crippen molar-refractivity contribution in [1.29, 1.82) is 0 Å². The number of fused-ring (bicyclic) bond motifs is 3. The number of hydrogen-bond acceptors (Lipinski definition) is 6. The van der Waals surface area contributed by atoms with E-state index in [9.17, 15) is 0 Å². The molecular weight excluding hydrogens is 252 g/mol. The molecule has 0 spiro atoms. The van der Waals surface area contributed by atoms with E-state index in [2.05, 4.69) is 0 Å². The Kier molecular flexibility index (Phi) is 3.16. The molecule has 3 saturated heterocycles. The standard InChI is InChI=1S/C13H22O6/c1-12(2)16-8-7(6-14-5)15-11-10(9(8)17-12)18-13(3,4)19-11/h7-11H,6H2,1-5H3/t7-,8+,9+,10-,11-/m1/s1. The lowest BCUT2D eigenvalue weighted by molar-refractivity contribution is -0.241. The van der Waals surface area contributed by atoms with Gasteiger partial charge in [-0.3, -0.25) is 0 Å². The first-order valence-electron chi connectivity index (χ1n) is 6.67. The second-order valence-electron chi connectivity index (χ2n) is 6.16. The zero-order valence-corrected chi connectivity index (χ0v) is 12.0. The first-order chi connectivity index (χ1) is 8.81.